The predicted octanol–water partition coefficient (Wildman–Crippen LogP) is 2.14. The molecule has 1 rings (SSSR count). The lowest BCUT2D eigenvalue weighted by Gasteiger charge is -2.24. The molecule has 0 unspecified atom stereocenters. The number of esters is 1. The van der Waals surface area contributed by atoms with Crippen molar-refractivity contribution in [3.05, 3.63) is 0 Å². The van der Waals surface area contributed by atoms with Crippen LogP contribution in [0.4, 0.5) is 0 Å². The summed E-state index contributed by atoms with van der Waals surface area (Å²) < 4.78 is 10.4. The van der Waals surface area contributed by atoms with Crippen LogP contribution in [0.2, 0.25) is 0 Å². The summed E-state index contributed by atoms with van der Waals surface area (Å²) >= 11 is 0. The Morgan fingerprint density at radius 1 is 0.500 bits per heavy atom. The Morgan fingerprint density at radius 2 is 0.938 bits per heavy atom. The third-order valence-corrected chi connectivity index (χ3v) is 10.6. The molecular formula is C45H80N8O11. The number of rotatable bonds is 38. The van der Waals surface area contributed by atoms with E-state index in [1.807, 2.05) is 13.8 Å². The van der Waals surface area contributed by atoms with E-state index >= 15 is 0 Å². The van der Waals surface area contributed by atoms with Crippen LogP contribution in [-0.4, -0.2) is 148 Å². The van der Waals surface area contributed by atoms with Crippen molar-refractivity contribution in [3.63, 3.8) is 0 Å². The van der Waals surface area contributed by atoms with Crippen LogP contribution in [0.25, 0.3) is 0 Å². The number of nitrogens with one attached hydrogen (secondary N) is 6. The molecule has 8 amide bonds. The van der Waals surface area contributed by atoms with Gasteiger partial charge in [0.25, 0.3) is 0 Å². The van der Waals surface area contributed by atoms with Gasteiger partial charge in [0.05, 0.1) is 39.3 Å². The normalized spacial score (nSPS) is 13.1. The van der Waals surface area contributed by atoms with Crippen molar-refractivity contribution in [3.8, 4) is 0 Å². The summed E-state index contributed by atoms with van der Waals surface area (Å²) in [6.07, 6.45) is 22.5. The summed E-state index contributed by atoms with van der Waals surface area (Å²) in [7, 11) is 0. The first-order chi connectivity index (χ1) is 30.9. The quantitative estimate of drug-likeness (QED) is 0.0387. The number of amides is 8. The second kappa shape index (κ2) is 37.6. The maximum Gasteiger partial charge on any atom is 0.325 e. The Balaban J connectivity index is 2.13. The first kappa shape index (κ1) is 57.2. The number of hydrogen-bond acceptors (Lipinski definition) is 11. The number of unbranched alkanes of at least 4 members (excludes halogenated alkanes) is 15. The molecule has 0 bridgehead atoms. The molecule has 1 fully saturated rings. The molecule has 366 valence electrons. The average molecular weight is 909 g/mol. The van der Waals surface area contributed by atoms with Gasteiger partial charge in [-0.15, -0.1) is 0 Å². The lowest BCUT2D eigenvalue weighted by molar-refractivity contribution is -0.144. The van der Waals surface area contributed by atoms with E-state index in [4.69, 9.17) is 9.47 Å². The van der Waals surface area contributed by atoms with E-state index in [-0.39, 0.29) is 32.2 Å². The van der Waals surface area contributed by atoms with E-state index in [1.165, 1.54) is 88.4 Å². The fourth-order valence-corrected chi connectivity index (χ4v) is 7.02. The van der Waals surface area contributed by atoms with Gasteiger partial charge >= 0.3 is 5.97 Å². The number of nitrogens with zero attached hydrogens (tertiary/aromatic N) is 2. The molecule has 0 aliphatic carbocycles. The molecule has 19 nitrogen and oxygen atoms in total. The fourth-order valence-electron chi connectivity index (χ4n) is 7.02. The van der Waals surface area contributed by atoms with Gasteiger partial charge in [-0.2, -0.15) is 0 Å². The number of ether oxygens (including phenoxy) is 2. The summed E-state index contributed by atoms with van der Waals surface area (Å²) in [5, 5.41) is 14.2. The lowest BCUT2D eigenvalue weighted by atomic mass is 10.0. The minimum atomic E-state index is -0.872. The zero-order chi connectivity index (χ0) is 47.2. The van der Waals surface area contributed by atoms with Crippen molar-refractivity contribution in [1.82, 2.24) is 41.7 Å². The standard InChI is InChI=1S/C45H80N8O11/c1-4-7-8-9-10-11-12-13-14-15-16-17-18-19-20-21-27-64-44(61)33-50-39(56)29-47-40(57)31-51-45(62)36-23-22-26-53(36)42(59)32-49-38(55)28-46-37(54)30-48-41(58)34-63-35-43(60)52(24-5-2)25-6-3/h36H,4-35H2,1-3H3,(H,46,54)(H,47,57)(H,48,58)(H,49,55)(H,50,56)(H,51,62)/t36-/m0/s1. The van der Waals surface area contributed by atoms with Crippen LogP contribution in [0.5, 0.6) is 0 Å². The fraction of sp³-hybridized carbons (Fsp3) is 0.800. The van der Waals surface area contributed by atoms with Crippen LogP contribution >= 0.6 is 0 Å². The van der Waals surface area contributed by atoms with Gasteiger partial charge in [0, 0.05) is 19.6 Å². The maximum atomic E-state index is 12.8. The van der Waals surface area contributed by atoms with Crippen molar-refractivity contribution in [2.45, 2.75) is 155 Å². The second-order valence-corrected chi connectivity index (χ2v) is 16.2. The van der Waals surface area contributed by atoms with Gasteiger partial charge in [0.15, 0.2) is 0 Å². The Kier molecular flexibility index (Phi) is 33.6. The summed E-state index contributed by atoms with van der Waals surface area (Å²) in [5.74, 6) is -5.13. The van der Waals surface area contributed by atoms with E-state index in [0.717, 1.165) is 32.1 Å². The summed E-state index contributed by atoms with van der Waals surface area (Å²) in [4.78, 5) is 114. The maximum absolute atomic E-state index is 12.8. The molecule has 19 heteroatoms. The van der Waals surface area contributed by atoms with Crippen LogP contribution in [-0.2, 0) is 52.6 Å². The highest BCUT2D eigenvalue weighted by atomic mass is 16.5. The molecule has 0 spiro atoms. The van der Waals surface area contributed by atoms with Gasteiger partial charge in [-0.05, 0) is 32.1 Å². The van der Waals surface area contributed by atoms with Gasteiger partial charge in [0.2, 0.25) is 47.3 Å². The Morgan fingerprint density at radius 3 is 1.44 bits per heavy atom. The molecular weight excluding hydrogens is 829 g/mol. The molecule has 0 aromatic rings. The molecule has 1 saturated heterocycles. The van der Waals surface area contributed by atoms with Crippen molar-refractivity contribution >= 4 is 53.2 Å². The molecule has 0 aromatic carbocycles. The zero-order valence-electron chi connectivity index (χ0n) is 39.1. The first-order valence-electron chi connectivity index (χ1n) is 23.8. The van der Waals surface area contributed by atoms with E-state index in [1.54, 1.807) is 4.90 Å². The van der Waals surface area contributed by atoms with Crippen LogP contribution in [0.15, 0.2) is 0 Å². The van der Waals surface area contributed by atoms with Crippen LogP contribution in [0.1, 0.15) is 149 Å². The van der Waals surface area contributed by atoms with Gasteiger partial charge in [-0.25, -0.2) is 0 Å². The summed E-state index contributed by atoms with van der Waals surface area (Å²) in [6.45, 7) is 4.65. The zero-order valence-corrected chi connectivity index (χ0v) is 39.1. The van der Waals surface area contributed by atoms with E-state index in [9.17, 15) is 43.2 Å². The molecule has 0 aromatic heterocycles. The Hall–Kier alpha value is -4.81. The number of carbonyl (C=O) groups excluding carboxylic acids is 9. The van der Waals surface area contributed by atoms with Crippen molar-refractivity contribution in [2.75, 3.05) is 78.7 Å². The van der Waals surface area contributed by atoms with Gasteiger partial charge in [-0.3, -0.25) is 43.2 Å². The first-order valence-corrected chi connectivity index (χ1v) is 23.8. The Bertz CT molecular complexity index is 1410. The molecule has 0 radical (unpaired) electrons. The predicted molar refractivity (Wildman–Crippen MR) is 241 cm³/mol. The highest BCUT2D eigenvalue weighted by molar-refractivity contribution is 5.94. The van der Waals surface area contributed by atoms with Gasteiger partial charge in [0.1, 0.15) is 25.8 Å². The van der Waals surface area contributed by atoms with E-state index < -0.39 is 92.7 Å². The van der Waals surface area contributed by atoms with Gasteiger partial charge < -0.3 is 51.2 Å². The number of carbonyl (C=O) groups is 9. The number of likely N-dealkylation sites (tertiary alicyclic amines) is 1. The molecule has 0 saturated carbocycles. The third-order valence-electron chi connectivity index (χ3n) is 10.6. The van der Waals surface area contributed by atoms with E-state index in [2.05, 4.69) is 38.8 Å². The Labute approximate surface area is 380 Å². The largest absolute Gasteiger partial charge is 0.464 e. The average Bonchev–Trinajstić information content (AvgIpc) is 3.78. The summed E-state index contributed by atoms with van der Waals surface area (Å²) in [6, 6.07) is -0.872. The topological polar surface area (TPSA) is 251 Å². The summed E-state index contributed by atoms with van der Waals surface area (Å²) in [5.41, 5.74) is 0. The van der Waals surface area contributed by atoms with E-state index in [0.29, 0.717) is 25.9 Å². The number of hydrogen-bond donors (Lipinski definition) is 6. The van der Waals surface area contributed by atoms with Crippen LogP contribution in [0, 0.1) is 0 Å². The van der Waals surface area contributed by atoms with Crippen molar-refractivity contribution in [2.24, 2.45) is 0 Å². The van der Waals surface area contributed by atoms with Crippen molar-refractivity contribution < 1.29 is 52.6 Å². The SMILES string of the molecule is CCCCCCCCCCCCCCCCCCOC(=O)CNC(=O)CNC(=O)CNC(=O)[C@@H]1CCCN1C(=O)CNC(=O)CNC(=O)CNC(=O)COCC(=O)N(CCC)CCC. The molecule has 1 aliphatic heterocycles. The lowest BCUT2D eigenvalue weighted by Crippen LogP contribution is -2.51. The highest BCUT2D eigenvalue weighted by Gasteiger charge is 2.34. The monoisotopic (exact) mass is 909 g/mol. The van der Waals surface area contributed by atoms with Crippen molar-refractivity contribution in [1.29, 1.82) is 0 Å². The highest BCUT2D eigenvalue weighted by Crippen LogP contribution is 2.17. The second-order valence-electron chi connectivity index (χ2n) is 16.2. The molecule has 1 aliphatic rings. The molecule has 1 heterocycles. The smallest absolute Gasteiger partial charge is 0.325 e. The third kappa shape index (κ3) is 29.5. The van der Waals surface area contributed by atoms with Crippen LogP contribution in [0.3, 0.4) is 0 Å². The minimum Gasteiger partial charge on any atom is -0.464 e. The molecule has 64 heavy (non-hydrogen) atoms. The molecule has 6 N–H and O–H groups in total. The van der Waals surface area contributed by atoms with Gasteiger partial charge in [-0.1, -0.05) is 117 Å². The molecule has 1 atom stereocenters. The van der Waals surface area contributed by atoms with Crippen LogP contribution < -0.4 is 31.9 Å². The minimum absolute atomic E-state index is 0.227.